The molecule has 0 spiro atoms. The van der Waals surface area contributed by atoms with Crippen LogP contribution in [0.2, 0.25) is 0 Å². The number of aromatic nitrogens is 1. The molecule has 6 aliphatic rings. The number of alkyl carbamates (subject to hydrolysis) is 1. The highest BCUT2D eigenvalue weighted by molar-refractivity contribution is 7.91. The van der Waals surface area contributed by atoms with E-state index in [0.29, 0.717) is 55.4 Å². The quantitative estimate of drug-likeness (QED) is 0.185. The van der Waals surface area contributed by atoms with Crippen LogP contribution >= 0.6 is 0 Å². The summed E-state index contributed by atoms with van der Waals surface area (Å²) in [5.74, 6) is -1.62. The number of nitrogens with one attached hydrogen (secondary N) is 3. The molecule has 1 unspecified atom stereocenters. The van der Waals surface area contributed by atoms with Crippen molar-refractivity contribution in [2.24, 2.45) is 17.8 Å². The largest absolute Gasteiger partial charge is 0.492 e. The van der Waals surface area contributed by atoms with Gasteiger partial charge in [-0.15, -0.1) is 6.58 Å². The number of hydrogen-bond donors (Lipinski definition) is 4. The van der Waals surface area contributed by atoms with Crippen molar-refractivity contribution >= 4 is 44.7 Å². The highest BCUT2D eigenvalue weighted by atomic mass is 32.2. The van der Waals surface area contributed by atoms with E-state index in [1.165, 1.54) is 11.0 Å². The molecule has 4 saturated carbocycles. The van der Waals surface area contributed by atoms with E-state index in [9.17, 15) is 32.7 Å². The fourth-order valence-corrected chi connectivity index (χ4v) is 11.1. The van der Waals surface area contributed by atoms with Gasteiger partial charge in [0.2, 0.25) is 27.7 Å². The molecule has 0 radical (unpaired) electrons. The van der Waals surface area contributed by atoms with E-state index in [1.807, 2.05) is 30.3 Å². The van der Waals surface area contributed by atoms with E-state index in [1.54, 1.807) is 0 Å². The third-order valence-corrected chi connectivity index (χ3v) is 15.1. The molecule has 4 amide bonds. The molecule has 324 valence electrons. The molecule has 5 fully saturated rings. The van der Waals surface area contributed by atoms with Gasteiger partial charge in [0.15, 0.2) is 0 Å². The van der Waals surface area contributed by atoms with E-state index in [0.717, 1.165) is 50.3 Å². The molecule has 15 nitrogen and oxygen atoms in total. The molecule has 60 heavy (non-hydrogen) atoms. The second-order valence-electron chi connectivity index (χ2n) is 17.4. The van der Waals surface area contributed by atoms with Crippen molar-refractivity contribution in [2.45, 2.75) is 131 Å². The molecule has 2 aromatic rings. The Balaban J connectivity index is 1.16. The Morgan fingerprint density at radius 2 is 1.82 bits per heavy atom. The number of sulfonamides is 1. The number of ether oxygens (including phenoxy) is 3. The lowest BCUT2D eigenvalue weighted by Gasteiger charge is -2.32. The number of aliphatic hydroxyl groups excluding tert-OH is 1. The lowest BCUT2D eigenvalue weighted by atomic mass is 9.96. The molecule has 4 aliphatic carbocycles. The highest BCUT2D eigenvalue weighted by Gasteiger charge is 2.62. The maximum absolute atomic E-state index is 15.0. The summed E-state index contributed by atoms with van der Waals surface area (Å²) in [7, 11) is -3.92. The Morgan fingerprint density at radius 3 is 2.57 bits per heavy atom. The Bertz CT molecular complexity index is 2120. The molecular weight excluding hydrogens is 791 g/mol. The predicted molar refractivity (Wildman–Crippen MR) is 221 cm³/mol. The zero-order valence-corrected chi connectivity index (χ0v) is 34.8. The zero-order valence-electron chi connectivity index (χ0n) is 34.0. The van der Waals surface area contributed by atoms with Crippen LogP contribution in [0.25, 0.3) is 10.9 Å². The average Bonchev–Trinajstić information content (AvgIpc) is 4.02. The van der Waals surface area contributed by atoms with Gasteiger partial charge in [-0.25, -0.2) is 18.2 Å². The molecule has 1 aromatic carbocycles. The van der Waals surface area contributed by atoms with Crippen molar-refractivity contribution in [3.8, 4) is 11.6 Å². The summed E-state index contributed by atoms with van der Waals surface area (Å²) in [4.78, 5) is 63.3. The van der Waals surface area contributed by atoms with Gasteiger partial charge in [-0.05, 0) is 94.6 Å². The number of aliphatic hydroxyl groups is 1. The van der Waals surface area contributed by atoms with Gasteiger partial charge in [-0.1, -0.05) is 43.2 Å². The van der Waals surface area contributed by atoms with E-state index in [2.05, 4.69) is 28.0 Å². The van der Waals surface area contributed by atoms with Crippen LogP contribution in [0.15, 0.2) is 49.1 Å². The molecule has 4 N–H and O–H groups in total. The van der Waals surface area contributed by atoms with Crippen molar-refractivity contribution in [1.82, 2.24) is 25.2 Å². The lowest BCUT2D eigenvalue weighted by molar-refractivity contribution is -0.142. The number of rotatable bonds is 11. The van der Waals surface area contributed by atoms with Gasteiger partial charge in [-0.3, -0.25) is 19.1 Å². The Hall–Kier alpha value is -4.70. The van der Waals surface area contributed by atoms with Gasteiger partial charge in [0, 0.05) is 30.8 Å². The molecule has 1 saturated heterocycles. The summed E-state index contributed by atoms with van der Waals surface area (Å²) in [5.41, 5.74) is -0.255. The Labute approximate surface area is 351 Å². The highest BCUT2D eigenvalue weighted by Crippen LogP contribution is 2.46. The summed E-state index contributed by atoms with van der Waals surface area (Å²) in [5, 5.41) is 15.5. The molecule has 2 bridgehead atoms. The topological polar surface area (TPSA) is 203 Å². The number of amides is 4. The number of nitrogens with zero attached hydrogens (tertiary/aromatic N) is 2. The van der Waals surface area contributed by atoms with E-state index >= 15 is 0 Å². The van der Waals surface area contributed by atoms with Gasteiger partial charge in [0.25, 0.3) is 5.91 Å². The van der Waals surface area contributed by atoms with E-state index in [4.69, 9.17) is 19.2 Å². The van der Waals surface area contributed by atoms with Crippen molar-refractivity contribution in [3.63, 3.8) is 0 Å². The number of fused-ring (bicyclic) bond motifs is 5. The van der Waals surface area contributed by atoms with Crippen LogP contribution in [0.4, 0.5) is 4.79 Å². The fraction of sp³-hybridized carbons (Fsp3) is 0.614. The van der Waals surface area contributed by atoms with Crippen LogP contribution in [0, 0.1) is 17.8 Å². The van der Waals surface area contributed by atoms with Gasteiger partial charge in [-0.2, -0.15) is 0 Å². The monoisotopic (exact) mass is 847 g/mol. The van der Waals surface area contributed by atoms with Crippen LogP contribution in [-0.2, 0) is 35.6 Å². The van der Waals surface area contributed by atoms with E-state index in [-0.39, 0.29) is 56.4 Å². The minimum Gasteiger partial charge on any atom is -0.492 e. The van der Waals surface area contributed by atoms with Gasteiger partial charge in [0.1, 0.15) is 35.6 Å². The number of benzene rings is 1. The van der Waals surface area contributed by atoms with Crippen LogP contribution in [0.1, 0.15) is 95.5 Å². The first-order chi connectivity index (χ1) is 29.0. The number of carbonyl (C=O) groups is 4. The summed E-state index contributed by atoms with van der Waals surface area (Å²) in [6.07, 6.45) is 13.3. The second kappa shape index (κ2) is 17.7. The maximum Gasteiger partial charge on any atom is 0.408 e. The molecule has 1 aromatic heterocycles. The van der Waals surface area contributed by atoms with Crippen molar-refractivity contribution < 1.29 is 46.9 Å². The normalized spacial score (nSPS) is 30.4. The number of pyridine rings is 1. The first kappa shape index (κ1) is 42.0. The van der Waals surface area contributed by atoms with Gasteiger partial charge >= 0.3 is 6.09 Å². The molecule has 8 rings (SSSR count). The van der Waals surface area contributed by atoms with Gasteiger partial charge in [0.05, 0.1) is 29.5 Å². The maximum atomic E-state index is 15.0. The molecule has 7 atom stereocenters. The predicted octanol–water partition coefficient (Wildman–Crippen LogP) is 4.36. The first-order valence-electron chi connectivity index (χ1n) is 21.8. The smallest absolute Gasteiger partial charge is 0.408 e. The zero-order chi connectivity index (χ0) is 42.0. The summed E-state index contributed by atoms with van der Waals surface area (Å²) in [6, 6.07) is 5.43. The lowest BCUT2D eigenvalue weighted by Crippen LogP contribution is -2.59. The average molecular weight is 848 g/mol. The summed E-state index contributed by atoms with van der Waals surface area (Å²) < 4.78 is 47.1. The van der Waals surface area contributed by atoms with Gasteiger partial charge < -0.3 is 34.9 Å². The second-order valence-corrected chi connectivity index (χ2v) is 19.3. The van der Waals surface area contributed by atoms with Crippen LogP contribution < -0.4 is 24.8 Å². The standard InChI is InChI=1S/C44H57N5O10S/c1-2-29-25-44(29,42(53)48-60(55,56)31-20-21-31)47-39(51)35-24-30-26-49(35)41(52)37(28-13-6-7-14-28)46-43(54)59-36-19-10-15-27(36)12-4-3-5-17-33-38(57-23-11-22-50)32-16-8-9-18-34(32)45-40(33)58-30/h2-3,5,8-9,16,18,27-31,35-37,50H,1,4,6-7,10-15,17,19-26H2,(H,46,54)(H,47,51)(H,48,53)/b5-3+/t27-,29?,30-,35+,36-,37+,44-/m1/s1. The van der Waals surface area contributed by atoms with Crippen molar-refractivity contribution in [2.75, 3.05) is 19.8 Å². The fourth-order valence-electron chi connectivity index (χ4n) is 9.70. The molecule has 16 heteroatoms. The van der Waals surface area contributed by atoms with Crippen LogP contribution in [-0.4, -0.2) is 102 Å². The van der Waals surface area contributed by atoms with Crippen molar-refractivity contribution in [3.05, 3.63) is 54.6 Å². The summed E-state index contributed by atoms with van der Waals surface area (Å²) in [6.45, 7) is 4.00. The first-order valence-corrected chi connectivity index (χ1v) is 23.3. The minimum atomic E-state index is -3.92. The van der Waals surface area contributed by atoms with E-state index < -0.39 is 68.7 Å². The number of allylic oxidation sites excluding steroid dienone is 2. The Kier molecular flexibility index (Phi) is 12.4. The minimum absolute atomic E-state index is 0.0183. The van der Waals surface area contributed by atoms with Crippen LogP contribution in [0.3, 0.4) is 0 Å². The molecular formula is C44H57N5O10S. The third-order valence-electron chi connectivity index (χ3n) is 13.3. The molecule has 2 aliphatic heterocycles. The third kappa shape index (κ3) is 8.86. The van der Waals surface area contributed by atoms with Crippen molar-refractivity contribution in [1.29, 1.82) is 0 Å². The number of carbonyl (C=O) groups excluding carboxylic acids is 4. The Morgan fingerprint density at radius 1 is 1.03 bits per heavy atom. The molecule has 3 heterocycles. The number of para-hydroxylation sites is 1. The van der Waals surface area contributed by atoms with Crippen LogP contribution in [0.5, 0.6) is 11.6 Å². The summed E-state index contributed by atoms with van der Waals surface area (Å²) >= 11 is 0. The number of hydrogen-bond acceptors (Lipinski definition) is 11. The SMILES string of the molecule is C=CC1C[C@]1(NC(=O)[C@@H]1C[C@@H]2CN1C(=O)[C@H](C1CCCC1)NC(=O)O[C@@H]1CCC[C@H]1CC/C=C/Cc1c(nc3ccccc3c1OCCCO)O2)C(=O)NS(=O)(=O)C1CC1.